The predicted molar refractivity (Wildman–Crippen MR) is 44.1 cm³/mol. The van der Waals surface area contributed by atoms with Crippen LogP contribution in [0.3, 0.4) is 0 Å². The number of imide groups is 1. The van der Waals surface area contributed by atoms with Crippen molar-refractivity contribution < 1.29 is 14.8 Å². The number of hydrogen-bond acceptors (Lipinski definition) is 4. The van der Waals surface area contributed by atoms with Gasteiger partial charge in [0.25, 0.3) is 5.91 Å². The summed E-state index contributed by atoms with van der Waals surface area (Å²) in [6.07, 6.45) is 0. The van der Waals surface area contributed by atoms with Crippen LogP contribution in [0, 0.1) is 0 Å². The number of likely N-dealkylation sites (N-methyl/N-ethyl adjacent to an activating group) is 2. The van der Waals surface area contributed by atoms with E-state index in [1.807, 2.05) is 5.48 Å². The minimum absolute atomic E-state index is 0.158. The lowest BCUT2D eigenvalue weighted by Gasteiger charge is -2.40. The Morgan fingerprint density at radius 3 is 2.46 bits per heavy atom. The van der Waals surface area contributed by atoms with Gasteiger partial charge in [-0.1, -0.05) is 0 Å². The molecule has 1 atom stereocenters. The van der Waals surface area contributed by atoms with E-state index in [1.165, 1.54) is 18.9 Å². The van der Waals surface area contributed by atoms with E-state index in [-0.39, 0.29) is 12.6 Å². The van der Waals surface area contributed by atoms with E-state index in [4.69, 9.17) is 5.21 Å². The highest BCUT2D eigenvalue weighted by molar-refractivity contribution is 6.01. The third-order valence-electron chi connectivity index (χ3n) is 2.19. The van der Waals surface area contributed by atoms with Gasteiger partial charge in [0, 0.05) is 14.1 Å². The molecule has 1 saturated heterocycles. The van der Waals surface area contributed by atoms with Crippen LogP contribution in [-0.4, -0.2) is 53.1 Å². The van der Waals surface area contributed by atoms with Gasteiger partial charge in [0.05, 0.1) is 6.54 Å². The van der Waals surface area contributed by atoms with Gasteiger partial charge < -0.3 is 10.1 Å². The maximum absolute atomic E-state index is 11.5. The van der Waals surface area contributed by atoms with Gasteiger partial charge in [-0.15, -0.1) is 0 Å². The van der Waals surface area contributed by atoms with Crippen molar-refractivity contribution in [1.82, 2.24) is 15.3 Å². The topological polar surface area (TPSA) is 72.9 Å². The van der Waals surface area contributed by atoms with E-state index in [1.54, 1.807) is 7.05 Å². The average Bonchev–Trinajstić information content (AvgIpc) is 2.12. The van der Waals surface area contributed by atoms with Crippen molar-refractivity contribution in [1.29, 1.82) is 0 Å². The number of nitrogens with one attached hydrogen (secondary N) is 1. The minimum atomic E-state index is -1.10. The maximum atomic E-state index is 11.5. The average molecular weight is 187 g/mol. The van der Waals surface area contributed by atoms with Crippen LogP contribution in [0.2, 0.25) is 0 Å². The molecule has 0 aromatic heterocycles. The highest BCUT2D eigenvalue weighted by atomic mass is 16.5. The van der Waals surface area contributed by atoms with Crippen molar-refractivity contribution in [2.24, 2.45) is 0 Å². The Labute approximate surface area is 76.1 Å². The summed E-state index contributed by atoms with van der Waals surface area (Å²) in [5.74, 6) is -0.432. The molecule has 74 valence electrons. The Bertz CT molecular complexity index is 255. The molecule has 0 bridgehead atoms. The van der Waals surface area contributed by atoms with E-state index in [0.29, 0.717) is 0 Å². The molecule has 3 amide bonds. The van der Waals surface area contributed by atoms with E-state index >= 15 is 0 Å². The lowest BCUT2D eigenvalue weighted by atomic mass is 9.99. The SMILES string of the molecule is CN1CC(C)(NO)C(=O)N(C)C1=O. The van der Waals surface area contributed by atoms with Crippen LogP contribution in [0.5, 0.6) is 0 Å². The molecule has 1 aliphatic heterocycles. The second-order valence-corrected chi connectivity index (χ2v) is 3.45. The number of rotatable bonds is 1. The molecule has 1 rings (SSSR count). The summed E-state index contributed by atoms with van der Waals surface area (Å²) in [7, 11) is 2.96. The van der Waals surface area contributed by atoms with Crippen LogP contribution in [0.4, 0.5) is 4.79 Å². The Kier molecular flexibility index (Phi) is 2.27. The number of urea groups is 1. The van der Waals surface area contributed by atoms with Gasteiger partial charge in [0.2, 0.25) is 0 Å². The van der Waals surface area contributed by atoms with Crippen LogP contribution in [0.25, 0.3) is 0 Å². The summed E-state index contributed by atoms with van der Waals surface area (Å²) in [6.45, 7) is 1.69. The van der Waals surface area contributed by atoms with Gasteiger partial charge in [0.1, 0.15) is 5.54 Å². The van der Waals surface area contributed by atoms with Gasteiger partial charge in [-0.2, -0.15) is 5.48 Å². The normalized spacial score (nSPS) is 29.8. The van der Waals surface area contributed by atoms with Gasteiger partial charge in [-0.3, -0.25) is 9.69 Å². The number of amides is 3. The monoisotopic (exact) mass is 187 g/mol. The first-order valence-corrected chi connectivity index (χ1v) is 3.87. The molecular formula is C7H13N3O3. The van der Waals surface area contributed by atoms with E-state index in [2.05, 4.69) is 0 Å². The number of carbonyl (C=O) groups is 2. The summed E-state index contributed by atoms with van der Waals surface area (Å²) in [5, 5.41) is 8.81. The van der Waals surface area contributed by atoms with Gasteiger partial charge in [-0.25, -0.2) is 4.79 Å². The van der Waals surface area contributed by atoms with Gasteiger partial charge in [-0.05, 0) is 6.92 Å². The molecule has 1 fully saturated rings. The molecule has 0 aliphatic carbocycles. The highest BCUT2D eigenvalue weighted by Crippen LogP contribution is 2.16. The molecule has 0 radical (unpaired) electrons. The second kappa shape index (κ2) is 2.97. The van der Waals surface area contributed by atoms with E-state index in [9.17, 15) is 9.59 Å². The summed E-state index contributed by atoms with van der Waals surface area (Å²) in [5.41, 5.74) is 0.827. The summed E-state index contributed by atoms with van der Waals surface area (Å²) < 4.78 is 0. The van der Waals surface area contributed by atoms with Crippen molar-refractivity contribution in [3.05, 3.63) is 0 Å². The van der Waals surface area contributed by atoms with Crippen molar-refractivity contribution in [2.75, 3.05) is 20.6 Å². The lowest BCUT2D eigenvalue weighted by molar-refractivity contribution is -0.142. The first-order valence-electron chi connectivity index (χ1n) is 3.87. The standard InChI is InChI=1S/C7H13N3O3/c1-7(8-13)4-9(2)6(12)10(3)5(7)11/h8,13H,4H2,1-3H3. The minimum Gasteiger partial charge on any atom is -0.325 e. The number of nitrogens with zero attached hydrogens (tertiary/aromatic N) is 2. The fourth-order valence-corrected chi connectivity index (χ4v) is 1.41. The van der Waals surface area contributed by atoms with Crippen molar-refractivity contribution in [2.45, 2.75) is 12.5 Å². The van der Waals surface area contributed by atoms with Gasteiger partial charge in [0.15, 0.2) is 0 Å². The van der Waals surface area contributed by atoms with E-state index in [0.717, 1.165) is 4.90 Å². The zero-order valence-corrected chi connectivity index (χ0v) is 7.87. The summed E-state index contributed by atoms with van der Waals surface area (Å²) >= 11 is 0. The Morgan fingerprint density at radius 2 is 2.00 bits per heavy atom. The molecule has 2 N–H and O–H groups in total. The molecule has 1 aliphatic rings. The molecule has 0 aromatic carbocycles. The third-order valence-corrected chi connectivity index (χ3v) is 2.19. The molecule has 1 unspecified atom stereocenters. The van der Waals surface area contributed by atoms with Crippen LogP contribution in [0.1, 0.15) is 6.92 Å². The number of carbonyl (C=O) groups excluding carboxylic acids is 2. The van der Waals surface area contributed by atoms with Crippen LogP contribution in [-0.2, 0) is 4.79 Å². The molecule has 13 heavy (non-hydrogen) atoms. The smallest absolute Gasteiger partial charge is 0.325 e. The molecule has 6 heteroatoms. The highest BCUT2D eigenvalue weighted by Gasteiger charge is 2.44. The molecule has 0 spiro atoms. The van der Waals surface area contributed by atoms with E-state index < -0.39 is 11.4 Å². The third kappa shape index (κ3) is 1.38. The maximum Gasteiger partial charge on any atom is 0.326 e. The van der Waals surface area contributed by atoms with Crippen molar-refractivity contribution >= 4 is 11.9 Å². The quantitative estimate of drug-likeness (QED) is 0.530. The Balaban J connectivity index is 2.95. The Morgan fingerprint density at radius 1 is 1.46 bits per heavy atom. The van der Waals surface area contributed by atoms with Crippen LogP contribution in [0.15, 0.2) is 0 Å². The number of hydrogen-bond donors (Lipinski definition) is 2. The van der Waals surface area contributed by atoms with Crippen LogP contribution < -0.4 is 5.48 Å². The van der Waals surface area contributed by atoms with Crippen LogP contribution >= 0.6 is 0 Å². The lowest BCUT2D eigenvalue weighted by Crippen LogP contribution is -2.67. The fourth-order valence-electron chi connectivity index (χ4n) is 1.41. The predicted octanol–water partition coefficient (Wildman–Crippen LogP) is -0.752. The largest absolute Gasteiger partial charge is 0.326 e. The zero-order chi connectivity index (χ0) is 10.2. The molecule has 6 nitrogen and oxygen atoms in total. The zero-order valence-electron chi connectivity index (χ0n) is 7.87. The van der Waals surface area contributed by atoms with Crippen molar-refractivity contribution in [3.8, 4) is 0 Å². The Hall–Kier alpha value is -1.14. The molecule has 1 heterocycles. The van der Waals surface area contributed by atoms with Crippen molar-refractivity contribution in [3.63, 3.8) is 0 Å². The fraction of sp³-hybridized carbons (Fsp3) is 0.714. The second-order valence-electron chi connectivity index (χ2n) is 3.45. The molecule has 0 saturated carbocycles. The summed E-state index contributed by atoms with van der Waals surface area (Å²) in [4.78, 5) is 25.1. The van der Waals surface area contributed by atoms with Gasteiger partial charge >= 0.3 is 6.03 Å². The number of hydroxylamine groups is 1. The first kappa shape index (κ1) is 9.94. The molecular weight excluding hydrogens is 174 g/mol. The summed E-state index contributed by atoms with van der Waals surface area (Å²) in [6, 6.07) is -0.363. The molecule has 0 aromatic rings. The first-order chi connectivity index (χ1) is 5.92.